The standard InChI is InChI=1S/C14H18N2O/c1-5-12-7-6-8-13(9-12)16-11(4)14(17)15-10(2)3/h1,6-11,16H,2-4H3,(H,15,17). The van der Waals surface area contributed by atoms with Crippen molar-refractivity contribution in [2.45, 2.75) is 32.9 Å². The van der Waals surface area contributed by atoms with Crippen LogP contribution in [-0.4, -0.2) is 18.0 Å². The Morgan fingerprint density at radius 2 is 2.06 bits per heavy atom. The SMILES string of the molecule is C#Cc1cccc(NC(C)C(=O)NC(C)C)c1. The van der Waals surface area contributed by atoms with E-state index in [1.54, 1.807) is 0 Å². The fraction of sp³-hybridized carbons (Fsp3) is 0.357. The molecule has 17 heavy (non-hydrogen) atoms. The van der Waals surface area contributed by atoms with Crippen LogP contribution >= 0.6 is 0 Å². The molecule has 0 aliphatic carbocycles. The summed E-state index contributed by atoms with van der Waals surface area (Å²) in [6, 6.07) is 7.31. The van der Waals surface area contributed by atoms with E-state index in [4.69, 9.17) is 6.42 Å². The zero-order valence-corrected chi connectivity index (χ0v) is 10.4. The minimum Gasteiger partial charge on any atom is -0.374 e. The first kappa shape index (κ1) is 13.1. The van der Waals surface area contributed by atoms with E-state index in [0.717, 1.165) is 11.3 Å². The van der Waals surface area contributed by atoms with E-state index >= 15 is 0 Å². The van der Waals surface area contributed by atoms with Gasteiger partial charge in [-0.05, 0) is 39.0 Å². The Morgan fingerprint density at radius 1 is 1.35 bits per heavy atom. The number of benzene rings is 1. The van der Waals surface area contributed by atoms with Crippen LogP contribution in [0.5, 0.6) is 0 Å². The average molecular weight is 230 g/mol. The largest absolute Gasteiger partial charge is 0.374 e. The Bertz CT molecular complexity index is 432. The average Bonchev–Trinajstić information content (AvgIpc) is 2.28. The van der Waals surface area contributed by atoms with Crippen molar-refractivity contribution in [2.75, 3.05) is 5.32 Å². The summed E-state index contributed by atoms with van der Waals surface area (Å²) in [6.07, 6.45) is 5.32. The van der Waals surface area contributed by atoms with Gasteiger partial charge < -0.3 is 10.6 Å². The van der Waals surface area contributed by atoms with E-state index < -0.39 is 0 Å². The highest BCUT2D eigenvalue weighted by Gasteiger charge is 2.12. The van der Waals surface area contributed by atoms with Crippen LogP contribution in [0.2, 0.25) is 0 Å². The minimum atomic E-state index is -0.287. The van der Waals surface area contributed by atoms with E-state index in [2.05, 4.69) is 16.6 Å². The number of rotatable bonds is 4. The van der Waals surface area contributed by atoms with Gasteiger partial charge in [-0.1, -0.05) is 12.0 Å². The number of nitrogens with one attached hydrogen (secondary N) is 2. The smallest absolute Gasteiger partial charge is 0.242 e. The molecule has 0 saturated heterocycles. The van der Waals surface area contributed by atoms with E-state index in [1.807, 2.05) is 45.0 Å². The molecule has 1 amide bonds. The predicted octanol–water partition coefficient (Wildman–Crippen LogP) is 1.99. The number of terminal acetylenes is 1. The predicted molar refractivity (Wildman–Crippen MR) is 70.7 cm³/mol. The zero-order valence-electron chi connectivity index (χ0n) is 10.4. The molecule has 0 fully saturated rings. The molecule has 90 valence electrons. The molecule has 3 nitrogen and oxygen atoms in total. The third kappa shape index (κ3) is 4.20. The maximum absolute atomic E-state index is 11.7. The number of amides is 1. The highest BCUT2D eigenvalue weighted by Crippen LogP contribution is 2.11. The molecule has 1 aromatic rings. The third-order valence-electron chi connectivity index (χ3n) is 2.24. The summed E-state index contributed by atoms with van der Waals surface area (Å²) in [5, 5.41) is 5.96. The Labute approximate surface area is 103 Å². The van der Waals surface area contributed by atoms with Crippen molar-refractivity contribution < 1.29 is 4.79 Å². The molecule has 1 aromatic carbocycles. The van der Waals surface area contributed by atoms with E-state index in [1.165, 1.54) is 0 Å². The lowest BCUT2D eigenvalue weighted by Crippen LogP contribution is -2.40. The van der Waals surface area contributed by atoms with Crippen molar-refractivity contribution in [3.8, 4) is 12.3 Å². The van der Waals surface area contributed by atoms with Crippen LogP contribution in [0.1, 0.15) is 26.3 Å². The second kappa shape index (κ2) is 5.95. The number of carbonyl (C=O) groups is 1. The van der Waals surface area contributed by atoms with Crippen molar-refractivity contribution in [2.24, 2.45) is 0 Å². The maximum atomic E-state index is 11.7. The highest BCUT2D eigenvalue weighted by atomic mass is 16.2. The van der Waals surface area contributed by atoms with Crippen molar-refractivity contribution in [1.82, 2.24) is 5.32 Å². The minimum absolute atomic E-state index is 0.0221. The summed E-state index contributed by atoms with van der Waals surface area (Å²) in [6.45, 7) is 5.69. The van der Waals surface area contributed by atoms with E-state index in [0.29, 0.717) is 0 Å². The third-order valence-corrected chi connectivity index (χ3v) is 2.24. The first-order valence-electron chi connectivity index (χ1n) is 5.66. The van der Waals surface area contributed by atoms with Gasteiger partial charge in [0.1, 0.15) is 6.04 Å². The number of anilines is 1. The van der Waals surface area contributed by atoms with Crippen molar-refractivity contribution in [3.63, 3.8) is 0 Å². The van der Waals surface area contributed by atoms with E-state index in [-0.39, 0.29) is 18.0 Å². The van der Waals surface area contributed by atoms with Gasteiger partial charge in [-0.3, -0.25) is 4.79 Å². The summed E-state index contributed by atoms with van der Waals surface area (Å²) < 4.78 is 0. The van der Waals surface area contributed by atoms with Crippen LogP contribution in [0.25, 0.3) is 0 Å². The maximum Gasteiger partial charge on any atom is 0.242 e. The van der Waals surface area contributed by atoms with Gasteiger partial charge in [-0.25, -0.2) is 0 Å². The summed E-state index contributed by atoms with van der Waals surface area (Å²) in [7, 11) is 0. The van der Waals surface area contributed by atoms with Gasteiger partial charge >= 0.3 is 0 Å². The molecular weight excluding hydrogens is 212 g/mol. The van der Waals surface area contributed by atoms with Crippen LogP contribution in [0.3, 0.4) is 0 Å². The lowest BCUT2D eigenvalue weighted by molar-refractivity contribution is -0.122. The topological polar surface area (TPSA) is 41.1 Å². The molecular formula is C14H18N2O. The van der Waals surface area contributed by atoms with E-state index in [9.17, 15) is 4.79 Å². The number of hydrogen-bond acceptors (Lipinski definition) is 2. The van der Waals surface area contributed by atoms with Crippen molar-refractivity contribution in [3.05, 3.63) is 29.8 Å². The molecule has 0 aromatic heterocycles. The normalized spacial score (nSPS) is 11.7. The van der Waals surface area contributed by atoms with Gasteiger partial charge in [0.05, 0.1) is 0 Å². The molecule has 0 bridgehead atoms. The Morgan fingerprint density at radius 3 is 2.65 bits per heavy atom. The molecule has 3 heteroatoms. The van der Waals surface area contributed by atoms with Crippen LogP contribution in [0, 0.1) is 12.3 Å². The van der Waals surface area contributed by atoms with Gasteiger partial charge in [0.25, 0.3) is 0 Å². The monoisotopic (exact) mass is 230 g/mol. The fourth-order valence-corrected chi connectivity index (χ4v) is 1.42. The fourth-order valence-electron chi connectivity index (χ4n) is 1.42. The number of hydrogen-bond donors (Lipinski definition) is 2. The molecule has 1 rings (SSSR count). The molecule has 1 atom stereocenters. The molecule has 0 aliphatic rings. The lowest BCUT2D eigenvalue weighted by atomic mass is 10.2. The first-order valence-corrected chi connectivity index (χ1v) is 5.66. The van der Waals surface area contributed by atoms with Crippen LogP contribution < -0.4 is 10.6 Å². The second-order valence-electron chi connectivity index (χ2n) is 4.25. The Kier molecular flexibility index (Phi) is 4.59. The molecule has 0 aliphatic heterocycles. The molecule has 0 radical (unpaired) electrons. The zero-order chi connectivity index (χ0) is 12.8. The van der Waals surface area contributed by atoms with Crippen LogP contribution in [0.15, 0.2) is 24.3 Å². The molecule has 0 heterocycles. The molecule has 0 spiro atoms. The summed E-state index contributed by atoms with van der Waals surface area (Å²) in [5.41, 5.74) is 1.65. The second-order valence-corrected chi connectivity index (χ2v) is 4.25. The van der Waals surface area contributed by atoms with Gasteiger partial charge in [0, 0.05) is 17.3 Å². The lowest BCUT2D eigenvalue weighted by Gasteiger charge is -2.17. The van der Waals surface area contributed by atoms with Gasteiger partial charge in [-0.15, -0.1) is 6.42 Å². The Hall–Kier alpha value is -1.95. The van der Waals surface area contributed by atoms with Crippen LogP contribution in [-0.2, 0) is 4.79 Å². The number of carbonyl (C=O) groups excluding carboxylic acids is 1. The van der Waals surface area contributed by atoms with Crippen LogP contribution in [0.4, 0.5) is 5.69 Å². The molecule has 0 saturated carbocycles. The van der Waals surface area contributed by atoms with Crippen molar-refractivity contribution in [1.29, 1.82) is 0 Å². The van der Waals surface area contributed by atoms with Gasteiger partial charge in [0.15, 0.2) is 0 Å². The van der Waals surface area contributed by atoms with Gasteiger partial charge in [0.2, 0.25) is 5.91 Å². The molecule has 2 N–H and O–H groups in total. The Balaban J connectivity index is 2.64. The van der Waals surface area contributed by atoms with Crippen molar-refractivity contribution >= 4 is 11.6 Å². The summed E-state index contributed by atoms with van der Waals surface area (Å²) >= 11 is 0. The first-order chi connectivity index (χ1) is 8.02. The van der Waals surface area contributed by atoms with Gasteiger partial charge in [-0.2, -0.15) is 0 Å². The summed E-state index contributed by atoms with van der Waals surface area (Å²) in [5.74, 6) is 2.54. The summed E-state index contributed by atoms with van der Waals surface area (Å²) in [4.78, 5) is 11.7. The quantitative estimate of drug-likeness (QED) is 0.777. The molecule has 1 unspecified atom stereocenters. The highest BCUT2D eigenvalue weighted by molar-refractivity contribution is 5.84.